The molecular formula is C16H23N3O3S. The van der Waals surface area contributed by atoms with Crippen LogP contribution in [-0.4, -0.2) is 56.1 Å². The average Bonchev–Trinajstić information content (AvgIpc) is 2.54. The van der Waals surface area contributed by atoms with Crippen molar-refractivity contribution in [2.45, 2.75) is 25.3 Å². The van der Waals surface area contributed by atoms with E-state index in [2.05, 4.69) is 17.4 Å². The molecule has 6 nitrogen and oxygen atoms in total. The van der Waals surface area contributed by atoms with Gasteiger partial charge in [0, 0.05) is 26.2 Å². The zero-order valence-corrected chi connectivity index (χ0v) is 14.2. The second-order valence-corrected chi connectivity index (χ2v) is 8.22. The van der Waals surface area contributed by atoms with Gasteiger partial charge in [0.05, 0.1) is 12.3 Å². The molecule has 0 radical (unpaired) electrons. The number of piperazine rings is 1. The van der Waals surface area contributed by atoms with Crippen molar-refractivity contribution < 1.29 is 13.2 Å². The average molecular weight is 337 g/mol. The van der Waals surface area contributed by atoms with Gasteiger partial charge in [0.1, 0.15) is 0 Å². The summed E-state index contributed by atoms with van der Waals surface area (Å²) < 4.78 is 24.5. The van der Waals surface area contributed by atoms with Crippen molar-refractivity contribution in [2.75, 3.05) is 32.4 Å². The summed E-state index contributed by atoms with van der Waals surface area (Å²) in [6.45, 7) is 1.61. The van der Waals surface area contributed by atoms with Crippen LogP contribution < -0.4 is 5.32 Å². The number of aryl methyl sites for hydroxylation is 1. The van der Waals surface area contributed by atoms with E-state index in [4.69, 9.17) is 0 Å². The Morgan fingerprint density at radius 1 is 1.17 bits per heavy atom. The molecular weight excluding hydrogens is 314 g/mol. The number of nitrogens with one attached hydrogen (secondary N) is 1. The van der Waals surface area contributed by atoms with E-state index in [1.165, 1.54) is 21.7 Å². The summed E-state index contributed by atoms with van der Waals surface area (Å²) in [4.78, 5) is 14.2. The highest BCUT2D eigenvalue weighted by atomic mass is 32.2. The molecule has 2 aliphatic rings. The van der Waals surface area contributed by atoms with Crippen molar-refractivity contribution in [3.63, 3.8) is 0 Å². The number of nitrogens with zero attached hydrogens (tertiary/aromatic N) is 2. The molecule has 126 valence electrons. The molecule has 1 fully saturated rings. The first-order chi connectivity index (χ1) is 10.9. The number of urea groups is 1. The quantitative estimate of drug-likeness (QED) is 0.886. The highest BCUT2D eigenvalue weighted by Gasteiger charge is 2.28. The third kappa shape index (κ3) is 3.67. The number of rotatable bonds is 2. The van der Waals surface area contributed by atoms with Crippen molar-refractivity contribution in [2.24, 2.45) is 0 Å². The van der Waals surface area contributed by atoms with Crippen LogP contribution in [0.1, 0.15) is 30.0 Å². The lowest BCUT2D eigenvalue weighted by atomic mass is 9.88. The number of sulfonamides is 1. The summed E-state index contributed by atoms with van der Waals surface area (Å²) >= 11 is 0. The molecule has 1 saturated heterocycles. The minimum Gasteiger partial charge on any atom is -0.331 e. The van der Waals surface area contributed by atoms with Gasteiger partial charge in [-0.05, 0) is 30.4 Å². The molecule has 3 rings (SSSR count). The molecule has 0 spiro atoms. The normalized spacial score (nSPS) is 22.5. The molecule has 23 heavy (non-hydrogen) atoms. The first kappa shape index (κ1) is 16.3. The number of hydrogen-bond acceptors (Lipinski definition) is 3. The van der Waals surface area contributed by atoms with Crippen LogP contribution in [0.3, 0.4) is 0 Å². The molecule has 0 bridgehead atoms. The lowest BCUT2D eigenvalue weighted by Gasteiger charge is -2.35. The number of fused-ring (bicyclic) bond motifs is 1. The van der Waals surface area contributed by atoms with Crippen molar-refractivity contribution in [1.82, 2.24) is 14.5 Å². The van der Waals surface area contributed by atoms with E-state index >= 15 is 0 Å². The SMILES string of the molecule is CS(=O)(=O)N1CCN(C(=O)N[C@@H]2CCCc3ccccc32)CC1. The maximum atomic E-state index is 12.5. The number of carbonyl (C=O) groups excluding carboxylic acids is 1. The Balaban J connectivity index is 1.61. The standard InChI is InChI=1S/C16H23N3O3S/c1-23(21,22)19-11-9-18(10-12-19)16(20)17-15-8-4-6-13-5-2-3-7-14(13)15/h2-3,5,7,15H,4,6,8-12H2,1H3,(H,17,20)/t15-/m1/s1. The number of carbonyl (C=O) groups is 1. The van der Waals surface area contributed by atoms with Gasteiger partial charge in [-0.25, -0.2) is 13.2 Å². The van der Waals surface area contributed by atoms with E-state index in [1.807, 2.05) is 12.1 Å². The van der Waals surface area contributed by atoms with Gasteiger partial charge in [-0.1, -0.05) is 24.3 Å². The van der Waals surface area contributed by atoms with Crippen LogP contribution in [0.2, 0.25) is 0 Å². The highest BCUT2D eigenvalue weighted by molar-refractivity contribution is 7.88. The van der Waals surface area contributed by atoms with Gasteiger partial charge in [-0.15, -0.1) is 0 Å². The van der Waals surface area contributed by atoms with Crippen LogP contribution in [0.5, 0.6) is 0 Å². The third-order valence-corrected chi connectivity index (χ3v) is 5.97. The minimum absolute atomic E-state index is 0.0559. The predicted octanol–water partition coefficient (Wildman–Crippen LogP) is 1.35. The second-order valence-electron chi connectivity index (χ2n) is 6.24. The molecule has 0 saturated carbocycles. The maximum Gasteiger partial charge on any atom is 0.317 e. The molecule has 1 heterocycles. The number of hydrogen-bond donors (Lipinski definition) is 1. The molecule has 2 amide bonds. The number of benzene rings is 1. The summed E-state index contributed by atoms with van der Waals surface area (Å²) in [5.41, 5.74) is 2.52. The largest absolute Gasteiger partial charge is 0.331 e. The molecule has 1 N–H and O–H groups in total. The van der Waals surface area contributed by atoms with Gasteiger partial charge >= 0.3 is 6.03 Å². The first-order valence-corrected chi connectivity index (χ1v) is 9.88. The van der Waals surface area contributed by atoms with Gasteiger partial charge in [0.25, 0.3) is 0 Å². The lowest BCUT2D eigenvalue weighted by Crippen LogP contribution is -2.53. The van der Waals surface area contributed by atoms with Crippen LogP contribution in [0.25, 0.3) is 0 Å². The van der Waals surface area contributed by atoms with E-state index < -0.39 is 10.0 Å². The smallest absolute Gasteiger partial charge is 0.317 e. The molecule has 1 aliphatic heterocycles. The minimum atomic E-state index is -3.17. The monoisotopic (exact) mass is 337 g/mol. The molecule has 1 aromatic rings. The fourth-order valence-electron chi connectivity index (χ4n) is 3.37. The van der Waals surface area contributed by atoms with Crippen LogP contribution in [0.15, 0.2) is 24.3 Å². The Bertz CT molecular complexity index is 682. The Hall–Kier alpha value is -1.60. The Labute approximate surface area is 137 Å². The summed E-state index contributed by atoms with van der Waals surface area (Å²) in [6.07, 6.45) is 4.30. The van der Waals surface area contributed by atoms with Gasteiger partial charge < -0.3 is 10.2 Å². The first-order valence-electron chi connectivity index (χ1n) is 8.03. The number of amides is 2. The van der Waals surface area contributed by atoms with Crippen molar-refractivity contribution in [3.8, 4) is 0 Å². The molecule has 0 unspecified atom stereocenters. The fourth-order valence-corrected chi connectivity index (χ4v) is 4.19. The molecule has 1 aliphatic carbocycles. The van der Waals surface area contributed by atoms with Crippen LogP contribution in [-0.2, 0) is 16.4 Å². The zero-order valence-electron chi connectivity index (χ0n) is 13.4. The van der Waals surface area contributed by atoms with Crippen LogP contribution >= 0.6 is 0 Å². The van der Waals surface area contributed by atoms with Crippen LogP contribution in [0, 0.1) is 0 Å². The molecule has 7 heteroatoms. The van der Waals surface area contributed by atoms with E-state index in [1.54, 1.807) is 4.90 Å². The van der Waals surface area contributed by atoms with Gasteiger partial charge in [-0.3, -0.25) is 0 Å². The van der Waals surface area contributed by atoms with Gasteiger partial charge in [0.2, 0.25) is 10.0 Å². The van der Waals surface area contributed by atoms with Crippen LogP contribution in [0.4, 0.5) is 4.79 Å². The Kier molecular flexibility index (Phi) is 4.59. The van der Waals surface area contributed by atoms with E-state index in [0.29, 0.717) is 26.2 Å². The Morgan fingerprint density at radius 3 is 2.57 bits per heavy atom. The highest BCUT2D eigenvalue weighted by Crippen LogP contribution is 2.29. The van der Waals surface area contributed by atoms with Gasteiger partial charge in [-0.2, -0.15) is 4.31 Å². The third-order valence-electron chi connectivity index (χ3n) is 4.66. The molecule has 1 atom stereocenters. The van der Waals surface area contributed by atoms with Gasteiger partial charge in [0.15, 0.2) is 0 Å². The maximum absolute atomic E-state index is 12.5. The van der Waals surface area contributed by atoms with E-state index in [0.717, 1.165) is 19.3 Å². The molecule has 1 aromatic carbocycles. The predicted molar refractivity (Wildman–Crippen MR) is 88.6 cm³/mol. The lowest BCUT2D eigenvalue weighted by molar-refractivity contribution is 0.168. The van der Waals surface area contributed by atoms with Crippen molar-refractivity contribution in [1.29, 1.82) is 0 Å². The van der Waals surface area contributed by atoms with Crippen molar-refractivity contribution in [3.05, 3.63) is 35.4 Å². The molecule has 0 aromatic heterocycles. The van der Waals surface area contributed by atoms with Crippen molar-refractivity contribution >= 4 is 16.1 Å². The summed E-state index contributed by atoms with van der Waals surface area (Å²) in [7, 11) is -3.17. The second kappa shape index (κ2) is 6.49. The Morgan fingerprint density at radius 2 is 1.87 bits per heavy atom. The summed E-state index contributed by atoms with van der Waals surface area (Å²) in [5.74, 6) is 0. The van der Waals surface area contributed by atoms with E-state index in [9.17, 15) is 13.2 Å². The summed E-state index contributed by atoms with van der Waals surface area (Å²) in [6, 6.07) is 8.21. The zero-order chi connectivity index (χ0) is 16.4. The summed E-state index contributed by atoms with van der Waals surface area (Å²) in [5, 5.41) is 3.12. The fraction of sp³-hybridized carbons (Fsp3) is 0.562. The van der Waals surface area contributed by atoms with E-state index in [-0.39, 0.29) is 12.1 Å². The topological polar surface area (TPSA) is 69.7 Å².